The highest BCUT2D eigenvalue weighted by atomic mass is 35.5. The number of anilines is 1. The summed E-state index contributed by atoms with van der Waals surface area (Å²) < 4.78 is 1.83. The number of nitrogens with zero attached hydrogens (tertiary/aromatic N) is 2. The lowest BCUT2D eigenvalue weighted by Crippen LogP contribution is -2.00. The number of nitrogens with two attached hydrogens (primary N) is 1. The van der Waals surface area contributed by atoms with Crippen LogP contribution in [0.5, 0.6) is 0 Å². The summed E-state index contributed by atoms with van der Waals surface area (Å²) in [5.74, 6) is 0.485. The lowest BCUT2D eigenvalue weighted by atomic mass is 10.3. The van der Waals surface area contributed by atoms with Crippen LogP contribution in [0.4, 0.5) is 5.95 Å². The van der Waals surface area contributed by atoms with Crippen LogP contribution < -0.4 is 5.73 Å². The van der Waals surface area contributed by atoms with Crippen molar-refractivity contribution in [1.82, 2.24) is 9.55 Å². The molecule has 0 aliphatic carbocycles. The number of hydrogen-bond donors (Lipinski definition) is 1. The molecule has 2 N–H and O–H groups in total. The second-order valence-corrected chi connectivity index (χ2v) is 2.87. The van der Waals surface area contributed by atoms with Gasteiger partial charge < -0.3 is 10.3 Å². The molecule has 0 fully saturated rings. The molecule has 0 aliphatic rings. The van der Waals surface area contributed by atoms with Gasteiger partial charge in [0.1, 0.15) is 0 Å². The van der Waals surface area contributed by atoms with Gasteiger partial charge in [-0.1, -0.05) is 24.9 Å². The summed E-state index contributed by atoms with van der Waals surface area (Å²) in [5.41, 5.74) is 6.56. The monoisotopic (exact) mass is 173 g/mol. The van der Waals surface area contributed by atoms with Crippen molar-refractivity contribution in [2.45, 2.75) is 19.8 Å². The molecule has 0 radical (unpaired) electrons. The van der Waals surface area contributed by atoms with Crippen LogP contribution in [0.1, 0.15) is 19.0 Å². The van der Waals surface area contributed by atoms with Crippen molar-refractivity contribution in [3.05, 3.63) is 10.8 Å². The average molecular weight is 174 g/mol. The zero-order valence-electron chi connectivity index (χ0n) is 6.76. The Morgan fingerprint density at radius 1 is 1.64 bits per heavy atom. The summed E-state index contributed by atoms with van der Waals surface area (Å²) in [6.07, 6.45) is 1.98. The number of nitrogen functional groups attached to an aromatic ring is 1. The average Bonchev–Trinajstić information content (AvgIpc) is 2.17. The lowest BCUT2D eigenvalue weighted by molar-refractivity contribution is 0.794. The standard InChI is InChI=1S/C7H12ClN3/c1-3-4-5-6(8)10-7(9)11(5)2/h3-4H2,1-2H3,(H2,9,10). The lowest BCUT2D eigenvalue weighted by Gasteiger charge is -2.00. The topological polar surface area (TPSA) is 43.8 Å². The largest absolute Gasteiger partial charge is 0.369 e. The summed E-state index contributed by atoms with van der Waals surface area (Å²) in [5, 5.41) is 0.534. The van der Waals surface area contributed by atoms with Crippen molar-refractivity contribution in [1.29, 1.82) is 0 Å². The molecule has 0 atom stereocenters. The maximum Gasteiger partial charge on any atom is 0.201 e. The van der Waals surface area contributed by atoms with Crippen molar-refractivity contribution in [2.75, 3.05) is 5.73 Å². The van der Waals surface area contributed by atoms with E-state index in [1.54, 1.807) is 0 Å². The molecule has 1 heterocycles. The first kappa shape index (κ1) is 8.40. The zero-order chi connectivity index (χ0) is 8.43. The van der Waals surface area contributed by atoms with Crippen LogP contribution in [0.25, 0.3) is 0 Å². The van der Waals surface area contributed by atoms with Gasteiger partial charge in [0.05, 0.1) is 5.69 Å². The van der Waals surface area contributed by atoms with Gasteiger partial charge in [-0.15, -0.1) is 0 Å². The Hall–Kier alpha value is -0.700. The van der Waals surface area contributed by atoms with Crippen molar-refractivity contribution >= 4 is 17.5 Å². The summed E-state index contributed by atoms with van der Waals surface area (Å²) in [4.78, 5) is 3.94. The molecular weight excluding hydrogens is 162 g/mol. The predicted molar refractivity (Wildman–Crippen MR) is 46.6 cm³/mol. The molecule has 1 aromatic heterocycles. The van der Waals surface area contributed by atoms with E-state index in [0.717, 1.165) is 18.5 Å². The van der Waals surface area contributed by atoms with Crippen molar-refractivity contribution in [2.24, 2.45) is 7.05 Å². The molecule has 1 aromatic rings. The highest BCUT2D eigenvalue weighted by Crippen LogP contribution is 2.18. The van der Waals surface area contributed by atoms with Crippen LogP contribution in [0.15, 0.2) is 0 Å². The Morgan fingerprint density at radius 3 is 2.64 bits per heavy atom. The van der Waals surface area contributed by atoms with Gasteiger partial charge in [-0.05, 0) is 6.42 Å². The van der Waals surface area contributed by atoms with E-state index in [-0.39, 0.29) is 0 Å². The van der Waals surface area contributed by atoms with Gasteiger partial charge in [-0.2, -0.15) is 0 Å². The molecule has 0 saturated heterocycles. The Morgan fingerprint density at radius 2 is 2.27 bits per heavy atom. The third-order valence-electron chi connectivity index (χ3n) is 1.69. The highest BCUT2D eigenvalue weighted by molar-refractivity contribution is 6.30. The minimum atomic E-state index is 0.485. The van der Waals surface area contributed by atoms with Gasteiger partial charge in [0, 0.05) is 7.05 Å². The van der Waals surface area contributed by atoms with Crippen molar-refractivity contribution in [3.8, 4) is 0 Å². The normalized spacial score (nSPS) is 10.5. The summed E-state index contributed by atoms with van der Waals surface area (Å²) in [7, 11) is 1.87. The van der Waals surface area contributed by atoms with Gasteiger partial charge in [-0.25, -0.2) is 4.98 Å². The molecule has 0 aromatic carbocycles. The third-order valence-corrected chi connectivity index (χ3v) is 1.99. The predicted octanol–water partition coefficient (Wildman–Crippen LogP) is 1.61. The van der Waals surface area contributed by atoms with Crippen LogP contribution in [0, 0.1) is 0 Å². The van der Waals surface area contributed by atoms with Crippen molar-refractivity contribution < 1.29 is 0 Å². The quantitative estimate of drug-likeness (QED) is 0.739. The number of imidazole rings is 1. The fourth-order valence-electron chi connectivity index (χ4n) is 1.02. The molecule has 3 nitrogen and oxygen atoms in total. The van der Waals surface area contributed by atoms with Crippen LogP contribution in [-0.2, 0) is 13.5 Å². The van der Waals surface area contributed by atoms with E-state index in [1.807, 2.05) is 11.6 Å². The molecule has 62 valence electrons. The minimum Gasteiger partial charge on any atom is -0.369 e. The number of rotatable bonds is 2. The minimum absolute atomic E-state index is 0.485. The van der Waals surface area contributed by atoms with Gasteiger partial charge in [-0.3, -0.25) is 0 Å². The first-order valence-corrected chi connectivity index (χ1v) is 4.01. The van der Waals surface area contributed by atoms with Crippen LogP contribution in [-0.4, -0.2) is 9.55 Å². The third kappa shape index (κ3) is 1.48. The number of halogens is 1. The zero-order valence-corrected chi connectivity index (χ0v) is 7.52. The van der Waals surface area contributed by atoms with Gasteiger partial charge >= 0.3 is 0 Å². The van der Waals surface area contributed by atoms with Gasteiger partial charge in [0.15, 0.2) is 5.15 Å². The molecule has 4 heteroatoms. The van der Waals surface area contributed by atoms with Gasteiger partial charge in [0.2, 0.25) is 5.95 Å². The van der Waals surface area contributed by atoms with E-state index in [9.17, 15) is 0 Å². The van der Waals surface area contributed by atoms with E-state index in [4.69, 9.17) is 17.3 Å². The van der Waals surface area contributed by atoms with E-state index in [2.05, 4.69) is 11.9 Å². The molecule has 11 heavy (non-hydrogen) atoms. The molecule has 0 bridgehead atoms. The maximum absolute atomic E-state index is 5.82. The Balaban J connectivity index is 3.02. The Labute approximate surface area is 71.2 Å². The SMILES string of the molecule is CCCc1c(Cl)nc(N)n1C. The second-order valence-electron chi connectivity index (χ2n) is 2.52. The van der Waals surface area contributed by atoms with E-state index >= 15 is 0 Å². The number of hydrogen-bond acceptors (Lipinski definition) is 2. The fraction of sp³-hybridized carbons (Fsp3) is 0.571. The van der Waals surface area contributed by atoms with Crippen LogP contribution in [0.3, 0.4) is 0 Å². The highest BCUT2D eigenvalue weighted by Gasteiger charge is 2.08. The molecular formula is C7H12ClN3. The summed E-state index contributed by atoms with van der Waals surface area (Å²) >= 11 is 5.82. The molecule has 0 aliphatic heterocycles. The smallest absolute Gasteiger partial charge is 0.201 e. The second kappa shape index (κ2) is 3.13. The molecule has 0 amide bonds. The van der Waals surface area contributed by atoms with Gasteiger partial charge in [0.25, 0.3) is 0 Å². The van der Waals surface area contributed by atoms with E-state index in [1.165, 1.54) is 0 Å². The van der Waals surface area contributed by atoms with Crippen molar-refractivity contribution in [3.63, 3.8) is 0 Å². The first-order valence-electron chi connectivity index (χ1n) is 3.63. The summed E-state index contributed by atoms with van der Waals surface area (Å²) in [6, 6.07) is 0. The first-order chi connectivity index (χ1) is 5.16. The fourth-order valence-corrected chi connectivity index (χ4v) is 1.33. The Bertz CT molecular complexity index is 254. The van der Waals surface area contributed by atoms with E-state index in [0.29, 0.717) is 11.1 Å². The maximum atomic E-state index is 5.82. The molecule has 0 saturated carbocycles. The van der Waals surface area contributed by atoms with E-state index < -0.39 is 0 Å². The van der Waals surface area contributed by atoms with Crippen LogP contribution in [0.2, 0.25) is 5.15 Å². The number of aromatic nitrogens is 2. The molecule has 0 unspecified atom stereocenters. The Kier molecular flexibility index (Phi) is 2.39. The van der Waals surface area contributed by atoms with Crippen LogP contribution >= 0.6 is 11.6 Å². The summed E-state index contributed by atoms with van der Waals surface area (Å²) in [6.45, 7) is 2.10. The molecule has 1 rings (SSSR count). The molecule has 0 spiro atoms.